The minimum absolute atomic E-state index is 0.0333. The van der Waals surface area contributed by atoms with Crippen molar-refractivity contribution in [1.29, 1.82) is 0 Å². The highest BCUT2D eigenvalue weighted by molar-refractivity contribution is 6.69. The van der Waals surface area contributed by atoms with Crippen LogP contribution in [0.15, 0.2) is 23.4 Å². The lowest BCUT2D eigenvalue weighted by molar-refractivity contribution is 0.0307. The number of ether oxygens (including phenoxy) is 1. The van der Waals surface area contributed by atoms with Gasteiger partial charge < -0.3 is 18.9 Å². The fourth-order valence-corrected chi connectivity index (χ4v) is 5.74. The summed E-state index contributed by atoms with van der Waals surface area (Å²) < 4.78 is 83.2. The molecular formula is C28H35F5N2O4Si. The van der Waals surface area contributed by atoms with Crippen LogP contribution in [-0.2, 0) is 15.7 Å². The van der Waals surface area contributed by atoms with Gasteiger partial charge in [0.05, 0.1) is 11.8 Å². The first-order chi connectivity index (χ1) is 18.6. The Hall–Kier alpha value is -2.99. The number of nitrogens with zero attached hydrogens (tertiary/aromatic N) is 2. The summed E-state index contributed by atoms with van der Waals surface area (Å²) in [5, 5.41) is 4.12. The van der Waals surface area contributed by atoms with Crippen molar-refractivity contribution in [2.45, 2.75) is 71.3 Å². The molecule has 2 aromatic carbocycles. The van der Waals surface area contributed by atoms with E-state index >= 15 is 0 Å². The molecule has 0 heterocycles. The summed E-state index contributed by atoms with van der Waals surface area (Å²) in [5.41, 5.74) is 0.0699. The molecule has 0 bridgehead atoms. The molecule has 0 aromatic heterocycles. The van der Waals surface area contributed by atoms with Crippen LogP contribution in [0, 0.1) is 29.1 Å². The minimum atomic E-state index is -2.33. The summed E-state index contributed by atoms with van der Waals surface area (Å²) in [6, 6.07) is 5.56. The van der Waals surface area contributed by atoms with Crippen LogP contribution < -0.4 is 4.74 Å². The number of fused-ring (bicyclic) bond motifs is 1. The Kier molecular flexibility index (Phi) is 9.66. The molecular weight excluding hydrogens is 551 g/mol. The lowest BCUT2D eigenvalue weighted by Crippen LogP contribution is -2.52. The molecule has 12 heteroatoms. The Morgan fingerprint density at radius 2 is 1.60 bits per heavy atom. The number of benzene rings is 2. The SMILES string of the molecule is CON=C1CCCc2c(OCC(CN(C(=O)c3c(F)c(F)c(F)c(F)c3F)C(C)(C)C)O[Si](C)(C)C)cccc21. The molecule has 1 aliphatic carbocycles. The normalized spacial score (nSPS) is 15.6. The van der Waals surface area contributed by atoms with Crippen LogP contribution in [0.2, 0.25) is 19.6 Å². The van der Waals surface area contributed by atoms with Gasteiger partial charge in [-0.25, -0.2) is 22.0 Å². The zero-order chi connectivity index (χ0) is 30.0. The van der Waals surface area contributed by atoms with Gasteiger partial charge in [0.25, 0.3) is 5.91 Å². The standard InChI is InChI=1S/C28H35F5N2O4Si/c1-28(2,3)35(27(36)21-22(29)24(31)26(33)25(32)23(21)30)14-16(39-40(5,6)7)15-38-20-13-9-10-17-18(20)11-8-12-19(17)34-37-4/h9-10,13,16H,8,11-12,14-15H2,1-7H3. The molecule has 0 N–H and O–H groups in total. The van der Waals surface area contributed by atoms with E-state index in [0.717, 1.165) is 41.0 Å². The van der Waals surface area contributed by atoms with Gasteiger partial charge in [-0.2, -0.15) is 0 Å². The molecule has 2 aromatic rings. The molecule has 3 rings (SSSR count). The van der Waals surface area contributed by atoms with Crippen molar-refractivity contribution in [1.82, 2.24) is 4.90 Å². The zero-order valence-electron chi connectivity index (χ0n) is 23.8. The largest absolute Gasteiger partial charge is 0.491 e. The summed E-state index contributed by atoms with van der Waals surface area (Å²) in [6.07, 6.45) is 1.58. The zero-order valence-corrected chi connectivity index (χ0v) is 24.8. The van der Waals surface area contributed by atoms with Crippen LogP contribution in [-0.4, -0.2) is 56.7 Å². The second-order valence-electron chi connectivity index (χ2n) is 11.6. The van der Waals surface area contributed by atoms with Crippen molar-refractivity contribution in [3.8, 4) is 5.75 Å². The van der Waals surface area contributed by atoms with Gasteiger partial charge in [-0.05, 0) is 65.7 Å². The average Bonchev–Trinajstić information content (AvgIpc) is 2.86. The van der Waals surface area contributed by atoms with Crippen LogP contribution in [0.1, 0.15) is 55.1 Å². The van der Waals surface area contributed by atoms with Crippen molar-refractivity contribution in [2.75, 3.05) is 20.3 Å². The topological polar surface area (TPSA) is 60.4 Å². The monoisotopic (exact) mass is 586 g/mol. The predicted molar refractivity (Wildman–Crippen MR) is 144 cm³/mol. The van der Waals surface area contributed by atoms with Crippen molar-refractivity contribution in [3.05, 3.63) is 64.0 Å². The molecule has 0 spiro atoms. The molecule has 0 saturated carbocycles. The highest BCUT2D eigenvalue weighted by Gasteiger charge is 2.38. The Balaban J connectivity index is 1.95. The van der Waals surface area contributed by atoms with E-state index < -0.39 is 60.5 Å². The Bertz CT molecular complexity index is 1260. The third kappa shape index (κ3) is 7.01. The second kappa shape index (κ2) is 12.3. The fourth-order valence-electron chi connectivity index (χ4n) is 4.60. The number of carbonyl (C=O) groups excluding carboxylic acids is 1. The maximum Gasteiger partial charge on any atom is 0.260 e. The van der Waals surface area contributed by atoms with Gasteiger partial charge >= 0.3 is 0 Å². The number of hydrogen-bond acceptors (Lipinski definition) is 5. The summed E-state index contributed by atoms with van der Waals surface area (Å²) in [4.78, 5) is 19.4. The number of rotatable bonds is 9. The quantitative estimate of drug-likeness (QED) is 0.109. The van der Waals surface area contributed by atoms with Gasteiger partial charge in [-0.3, -0.25) is 4.79 Å². The Morgan fingerprint density at radius 1 is 1.00 bits per heavy atom. The summed E-state index contributed by atoms with van der Waals surface area (Å²) in [5.74, 6) is -11.8. The smallest absolute Gasteiger partial charge is 0.260 e. The van der Waals surface area contributed by atoms with E-state index in [2.05, 4.69) is 5.16 Å². The molecule has 1 amide bonds. The maximum absolute atomic E-state index is 14.6. The third-order valence-corrected chi connectivity index (χ3v) is 7.34. The Morgan fingerprint density at radius 3 is 2.15 bits per heavy atom. The van der Waals surface area contributed by atoms with E-state index in [4.69, 9.17) is 14.0 Å². The number of amides is 1. The molecule has 1 aliphatic rings. The van der Waals surface area contributed by atoms with Gasteiger partial charge in [-0.1, -0.05) is 17.3 Å². The first-order valence-electron chi connectivity index (χ1n) is 12.9. The highest BCUT2D eigenvalue weighted by Crippen LogP contribution is 2.31. The van der Waals surface area contributed by atoms with Crippen LogP contribution in [0.25, 0.3) is 0 Å². The van der Waals surface area contributed by atoms with E-state index in [-0.39, 0.29) is 13.2 Å². The molecule has 40 heavy (non-hydrogen) atoms. The predicted octanol–water partition coefficient (Wildman–Crippen LogP) is 6.61. The van der Waals surface area contributed by atoms with E-state index in [9.17, 15) is 26.7 Å². The van der Waals surface area contributed by atoms with Gasteiger partial charge in [0.15, 0.2) is 31.6 Å². The third-order valence-electron chi connectivity index (χ3n) is 6.30. The van der Waals surface area contributed by atoms with Crippen molar-refractivity contribution in [3.63, 3.8) is 0 Å². The molecule has 0 radical (unpaired) electrons. The number of oxime groups is 1. The van der Waals surface area contributed by atoms with E-state index in [1.807, 2.05) is 37.8 Å². The van der Waals surface area contributed by atoms with Crippen molar-refractivity contribution >= 4 is 19.9 Å². The molecule has 0 saturated heterocycles. The molecule has 6 nitrogen and oxygen atoms in total. The second-order valence-corrected chi connectivity index (χ2v) is 16.0. The van der Waals surface area contributed by atoms with Crippen LogP contribution in [0.4, 0.5) is 22.0 Å². The van der Waals surface area contributed by atoms with E-state index in [1.54, 1.807) is 20.8 Å². The van der Waals surface area contributed by atoms with Gasteiger partial charge in [0.2, 0.25) is 5.82 Å². The van der Waals surface area contributed by atoms with Crippen LogP contribution in [0.5, 0.6) is 5.75 Å². The molecule has 220 valence electrons. The molecule has 0 fully saturated rings. The lowest BCUT2D eigenvalue weighted by Gasteiger charge is -2.39. The maximum atomic E-state index is 14.6. The molecule has 1 unspecified atom stereocenters. The van der Waals surface area contributed by atoms with Crippen molar-refractivity contribution in [2.24, 2.45) is 5.16 Å². The minimum Gasteiger partial charge on any atom is -0.491 e. The fraction of sp³-hybridized carbons (Fsp3) is 0.500. The summed E-state index contributed by atoms with van der Waals surface area (Å²) in [7, 11) is -0.786. The van der Waals surface area contributed by atoms with E-state index in [1.165, 1.54) is 7.11 Å². The van der Waals surface area contributed by atoms with Crippen LogP contribution in [0.3, 0.4) is 0 Å². The molecule has 1 atom stereocenters. The number of hydrogen-bond donors (Lipinski definition) is 0. The first-order valence-corrected chi connectivity index (χ1v) is 16.3. The molecule has 0 aliphatic heterocycles. The average molecular weight is 587 g/mol. The number of carbonyl (C=O) groups is 1. The first kappa shape index (κ1) is 31.5. The van der Waals surface area contributed by atoms with Crippen molar-refractivity contribution < 1.29 is 40.7 Å². The van der Waals surface area contributed by atoms with Crippen LogP contribution >= 0.6 is 0 Å². The Labute approximate surface area is 232 Å². The lowest BCUT2D eigenvalue weighted by atomic mass is 9.89. The highest BCUT2D eigenvalue weighted by atomic mass is 28.4. The summed E-state index contributed by atoms with van der Waals surface area (Å²) >= 11 is 0. The van der Waals surface area contributed by atoms with Gasteiger partial charge in [0, 0.05) is 23.2 Å². The van der Waals surface area contributed by atoms with E-state index in [0.29, 0.717) is 5.75 Å². The summed E-state index contributed by atoms with van der Waals surface area (Å²) in [6.45, 7) is 10.3. The van der Waals surface area contributed by atoms with Gasteiger partial charge in [0.1, 0.15) is 25.0 Å². The van der Waals surface area contributed by atoms with Gasteiger partial charge in [-0.15, -0.1) is 0 Å². The number of halogens is 5.